The molecule has 0 aliphatic rings. The summed E-state index contributed by atoms with van der Waals surface area (Å²) in [5.74, 6) is -1.06. The molecular formula is C11H13FN2OS. The third-order valence-corrected chi connectivity index (χ3v) is 2.46. The van der Waals surface area contributed by atoms with Crippen molar-refractivity contribution in [2.45, 2.75) is 19.4 Å². The molecular weight excluding hydrogens is 227 g/mol. The van der Waals surface area contributed by atoms with Crippen molar-refractivity contribution >= 4 is 23.1 Å². The molecule has 0 aliphatic carbocycles. The van der Waals surface area contributed by atoms with Gasteiger partial charge in [0.25, 0.3) is 5.91 Å². The van der Waals surface area contributed by atoms with Gasteiger partial charge in [0.1, 0.15) is 5.82 Å². The van der Waals surface area contributed by atoms with Gasteiger partial charge in [-0.15, -0.1) is 0 Å². The van der Waals surface area contributed by atoms with Crippen molar-refractivity contribution < 1.29 is 9.18 Å². The molecule has 0 fully saturated rings. The Bertz CT molecular complexity index is 409. The van der Waals surface area contributed by atoms with Gasteiger partial charge >= 0.3 is 0 Å². The normalized spacial score (nSPS) is 11.9. The molecule has 0 spiro atoms. The summed E-state index contributed by atoms with van der Waals surface area (Å²) in [7, 11) is 0. The van der Waals surface area contributed by atoms with Gasteiger partial charge in [-0.2, -0.15) is 0 Å². The van der Waals surface area contributed by atoms with E-state index in [9.17, 15) is 9.18 Å². The number of carbonyl (C=O) groups is 1. The monoisotopic (exact) mass is 240 g/mol. The molecule has 0 saturated heterocycles. The standard InChI is InChI=1S/C11H13FN2OS/c1-2-9(10(13)16)14-11(15)7-5-3-4-6-8(7)12/h3-6,9H,2H2,1H3,(H2,13,16)(H,14,15). The Morgan fingerprint density at radius 1 is 1.56 bits per heavy atom. The molecule has 5 heteroatoms. The Morgan fingerprint density at radius 2 is 2.19 bits per heavy atom. The summed E-state index contributed by atoms with van der Waals surface area (Å²) in [5.41, 5.74) is 5.43. The highest BCUT2D eigenvalue weighted by Gasteiger charge is 2.16. The minimum Gasteiger partial charge on any atom is -0.392 e. The van der Waals surface area contributed by atoms with Crippen molar-refractivity contribution in [3.05, 3.63) is 35.6 Å². The van der Waals surface area contributed by atoms with Crippen molar-refractivity contribution in [2.24, 2.45) is 5.73 Å². The molecule has 3 nitrogen and oxygen atoms in total. The van der Waals surface area contributed by atoms with Crippen LogP contribution < -0.4 is 11.1 Å². The summed E-state index contributed by atoms with van der Waals surface area (Å²) in [6, 6.07) is 5.37. The van der Waals surface area contributed by atoms with E-state index in [2.05, 4.69) is 5.32 Å². The van der Waals surface area contributed by atoms with E-state index < -0.39 is 17.8 Å². The Hall–Kier alpha value is -1.49. The second-order valence-corrected chi connectivity index (χ2v) is 3.79. The largest absolute Gasteiger partial charge is 0.392 e. The number of nitrogens with two attached hydrogens (primary N) is 1. The smallest absolute Gasteiger partial charge is 0.254 e. The fourth-order valence-corrected chi connectivity index (χ4v) is 1.48. The van der Waals surface area contributed by atoms with Crippen molar-refractivity contribution in [1.82, 2.24) is 5.32 Å². The summed E-state index contributed by atoms with van der Waals surface area (Å²) in [5, 5.41) is 2.58. The van der Waals surface area contributed by atoms with E-state index in [1.54, 1.807) is 6.07 Å². The van der Waals surface area contributed by atoms with Gasteiger partial charge in [0.15, 0.2) is 0 Å². The van der Waals surface area contributed by atoms with Crippen LogP contribution in [0.25, 0.3) is 0 Å². The Balaban J connectivity index is 2.80. The van der Waals surface area contributed by atoms with Crippen LogP contribution >= 0.6 is 12.2 Å². The molecule has 1 unspecified atom stereocenters. The Labute approximate surface area is 98.8 Å². The van der Waals surface area contributed by atoms with Crippen molar-refractivity contribution in [2.75, 3.05) is 0 Å². The van der Waals surface area contributed by atoms with Crippen LogP contribution in [0.4, 0.5) is 4.39 Å². The molecule has 0 bridgehead atoms. The van der Waals surface area contributed by atoms with Crippen molar-refractivity contribution in [3.8, 4) is 0 Å². The number of carbonyl (C=O) groups excluding carboxylic acids is 1. The molecule has 0 saturated carbocycles. The quantitative estimate of drug-likeness (QED) is 0.786. The average Bonchev–Trinajstić information content (AvgIpc) is 2.25. The van der Waals surface area contributed by atoms with Crippen molar-refractivity contribution in [3.63, 3.8) is 0 Å². The molecule has 1 rings (SSSR count). The first-order valence-corrected chi connectivity index (χ1v) is 5.31. The van der Waals surface area contributed by atoms with Crippen molar-refractivity contribution in [1.29, 1.82) is 0 Å². The summed E-state index contributed by atoms with van der Waals surface area (Å²) in [4.78, 5) is 11.9. The van der Waals surface area contributed by atoms with Gasteiger partial charge in [-0.05, 0) is 18.6 Å². The SMILES string of the molecule is CCC(NC(=O)c1ccccc1F)C(N)=S. The summed E-state index contributed by atoms with van der Waals surface area (Å²) in [6.45, 7) is 1.84. The predicted octanol–water partition coefficient (Wildman–Crippen LogP) is 1.62. The van der Waals surface area contributed by atoms with E-state index in [0.717, 1.165) is 0 Å². The van der Waals surface area contributed by atoms with Crippen LogP contribution in [0.5, 0.6) is 0 Å². The number of hydrogen-bond donors (Lipinski definition) is 2. The van der Waals surface area contributed by atoms with Gasteiger partial charge in [-0.25, -0.2) is 4.39 Å². The zero-order valence-electron chi connectivity index (χ0n) is 8.87. The molecule has 0 radical (unpaired) electrons. The van der Waals surface area contributed by atoms with E-state index in [1.807, 2.05) is 6.92 Å². The lowest BCUT2D eigenvalue weighted by Crippen LogP contribution is -2.43. The second-order valence-electron chi connectivity index (χ2n) is 3.32. The van der Waals surface area contributed by atoms with E-state index in [-0.39, 0.29) is 10.6 Å². The van der Waals surface area contributed by atoms with Crippen LogP contribution in [0, 0.1) is 5.82 Å². The van der Waals surface area contributed by atoms with E-state index in [0.29, 0.717) is 6.42 Å². The number of benzene rings is 1. The molecule has 0 aliphatic heterocycles. The summed E-state index contributed by atoms with van der Waals surface area (Å²) >= 11 is 4.79. The number of nitrogens with one attached hydrogen (secondary N) is 1. The van der Waals surface area contributed by atoms with Gasteiger partial charge < -0.3 is 11.1 Å². The van der Waals surface area contributed by atoms with Gasteiger partial charge in [0.05, 0.1) is 16.6 Å². The van der Waals surface area contributed by atoms with Crippen LogP contribution in [0.2, 0.25) is 0 Å². The predicted molar refractivity (Wildman–Crippen MR) is 64.7 cm³/mol. The molecule has 1 aromatic carbocycles. The third-order valence-electron chi connectivity index (χ3n) is 2.18. The maximum absolute atomic E-state index is 13.3. The highest BCUT2D eigenvalue weighted by Crippen LogP contribution is 2.06. The number of hydrogen-bond acceptors (Lipinski definition) is 2. The molecule has 0 aromatic heterocycles. The third kappa shape index (κ3) is 3.00. The maximum Gasteiger partial charge on any atom is 0.254 e. The number of rotatable bonds is 4. The van der Waals surface area contributed by atoms with E-state index >= 15 is 0 Å². The first-order valence-electron chi connectivity index (χ1n) is 4.91. The maximum atomic E-state index is 13.3. The van der Waals surface area contributed by atoms with Crippen LogP contribution in [0.3, 0.4) is 0 Å². The molecule has 0 heterocycles. The van der Waals surface area contributed by atoms with Crippen LogP contribution in [-0.4, -0.2) is 16.9 Å². The van der Waals surface area contributed by atoms with Crippen LogP contribution in [0.15, 0.2) is 24.3 Å². The average molecular weight is 240 g/mol. The topological polar surface area (TPSA) is 55.1 Å². The van der Waals surface area contributed by atoms with Gasteiger partial charge in [0, 0.05) is 0 Å². The second kappa shape index (κ2) is 5.55. The lowest BCUT2D eigenvalue weighted by molar-refractivity contribution is 0.0942. The fourth-order valence-electron chi connectivity index (χ4n) is 1.26. The number of halogens is 1. The zero-order chi connectivity index (χ0) is 12.1. The Morgan fingerprint density at radius 3 is 2.69 bits per heavy atom. The summed E-state index contributed by atoms with van der Waals surface area (Å²) in [6.07, 6.45) is 0.579. The molecule has 16 heavy (non-hydrogen) atoms. The van der Waals surface area contributed by atoms with Crippen LogP contribution in [-0.2, 0) is 0 Å². The molecule has 1 aromatic rings. The highest BCUT2D eigenvalue weighted by molar-refractivity contribution is 7.80. The van der Waals surface area contributed by atoms with Gasteiger partial charge in [-0.1, -0.05) is 31.3 Å². The minimum atomic E-state index is -0.558. The first-order chi connectivity index (χ1) is 7.56. The minimum absolute atomic E-state index is 0.00259. The highest BCUT2D eigenvalue weighted by atomic mass is 32.1. The first kappa shape index (κ1) is 12.6. The van der Waals surface area contributed by atoms with E-state index in [4.69, 9.17) is 18.0 Å². The fraction of sp³-hybridized carbons (Fsp3) is 0.273. The molecule has 1 amide bonds. The lowest BCUT2D eigenvalue weighted by Gasteiger charge is -2.15. The Kier molecular flexibility index (Phi) is 4.37. The molecule has 1 atom stereocenters. The zero-order valence-corrected chi connectivity index (χ0v) is 9.68. The molecule has 86 valence electrons. The molecule has 3 N–H and O–H groups in total. The van der Waals surface area contributed by atoms with Gasteiger partial charge in [-0.3, -0.25) is 4.79 Å². The summed E-state index contributed by atoms with van der Waals surface area (Å²) < 4.78 is 13.3. The lowest BCUT2D eigenvalue weighted by atomic mass is 10.1. The van der Waals surface area contributed by atoms with Crippen LogP contribution in [0.1, 0.15) is 23.7 Å². The number of thiocarbonyl (C=S) groups is 1. The van der Waals surface area contributed by atoms with Gasteiger partial charge in [0.2, 0.25) is 0 Å². The number of amides is 1. The van der Waals surface area contributed by atoms with E-state index in [1.165, 1.54) is 18.2 Å².